The van der Waals surface area contributed by atoms with Crippen molar-refractivity contribution in [3.8, 4) is 102 Å². The van der Waals surface area contributed by atoms with Gasteiger partial charge in [0.1, 0.15) is 17.5 Å². The zero-order valence-corrected chi connectivity index (χ0v) is 91.6. The number of hydrogen-bond donors (Lipinski definition) is 3. The van der Waals surface area contributed by atoms with Crippen LogP contribution in [0, 0.1) is 59.7 Å². The molecule has 0 atom stereocenters. The number of hydrogen-bond acceptors (Lipinski definition) is 9. The Morgan fingerprint density at radius 2 is 0.331 bits per heavy atom. The molecule has 0 unspecified atom stereocenters. The molecule has 0 fully saturated rings. The van der Waals surface area contributed by atoms with Crippen LogP contribution >= 0.6 is 0 Å². The molecule has 739 valence electrons. The minimum Gasteiger partial charge on any atom is -0.355 e. The number of aromatic amines is 3. The number of benzene rings is 15. The summed E-state index contributed by atoms with van der Waals surface area (Å²) >= 11 is 0. The fourth-order valence-corrected chi connectivity index (χ4v) is 15.2. The van der Waals surface area contributed by atoms with Crippen molar-refractivity contribution in [3.05, 3.63) is 526 Å². The largest absolute Gasteiger partial charge is 0.355 e. The van der Waals surface area contributed by atoms with E-state index in [0.29, 0.717) is 0 Å². The fraction of sp³-hybridized carbons (Fsp3) is 0.120. The van der Waals surface area contributed by atoms with Crippen molar-refractivity contribution in [1.29, 1.82) is 0 Å². The molecule has 12 nitrogen and oxygen atoms in total. The topological polar surface area (TPSA) is 163 Å². The molecular formula is C133H129N12V3-3. The second-order valence-corrected chi connectivity index (χ2v) is 32.0. The van der Waals surface area contributed by atoms with Gasteiger partial charge < -0.3 is 15.0 Å². The van der Waals surface area contributed by atoms with E-state index in [-0.39, 0.29) is 55.7 Å². The average molecular weight is 2050 g/mol. The summed E-state index contributed by atoms with van der Waals surface area (Å²) in [6.07, 6.45) is 5.36. The van der Waals surface area contributed by atoms with E-state index in [9.17, 15) is 0 Å². The SMILES string of the molecule is CC.CC.CC.CC.CC.Cc1c[c-]cc(-c2nc(-c3ccccc3)cc(-c3ccccc3)n2)c1.Cc1c[c-]cc(-c2nc(-c3ccccc3)cc(-c3ccccc3)n2)c1.Cc1c[c-]cc(-c2nc(-c3ccccc3)cc(-c3ccccc3)n2)c1.Cc1ccccn1.Cc1ccccn1.Cc1ccccn1.[V].[V].[V].c1ccc2c(c1)[nH]c1ccccc12.c1ccc2c(c1)[nH]c1ccccc12.c1ccc2c(c1)[nH]c1ccccc12. The molecule has 15 heteroatoms. The molecule has 0 saturated carbocycles. The number of nitrogens with one attached hydrogen (secondary N) is 3. The second-order valence-electron chi connectivity index (χ2n) is 32.0. The molecule has 24 rings (SSSR count). The molecule has 0 saturated heterocycles. The van der Waals surface area contributed by atoms with Crippen molar-refractivity contribution in [2.75, 3.05) is 0 Å². The summed E-state index contributed by atoms with van der Waals surface area (Å²) in [6, 6.07) is 163. The van der Waals surface area contributed by atoms with Crippen LogP contribution in [-0.2, 0) is 55.7 Å². The smallest absolute Gasteiger partial charge is 0.105 e. The Bertz CT molecular complexity index is 6790. The summed E-state index contributed by atoms with van der Waals surface area (Å²) in [6.45, 7) is 32.1. The molecule has 15 aromatic carbocycles. The third kappa shape index (κ3) is 35.3. The number of H-pyrrole nitrogens is 3. The van der Waals surface area contributed by atoms with E-state index in [1.807, 2.05) is 308 Å². The van der Waals surface area contributed by atoms with Crippen molar-refractivity contribution in [3.63, 3.8) is 0 Å². The predicted octanol–water partition coefficient (Wildman–Crippen LogP) is 36.0. The number of aromatic nitrogens is 12. The van der Waals surface area contributed by atoms with E-state index in [1.165, 1.54) is 65.4 Å². The summed E-state index contributed by atoms with van der Waals surface area (Å²) in [5.74, 6) is 2.17. The van der Waals surface area contributed by atoms with E-state index in [1.54, 1.807) is 18.6 Å². The van der Waals surface area contributed by atoms with E-state index >= 15 is 0 Å². The third-order valence-corrected chi connectivity index (χ3v) is 21.8. The number of nitrogens with zero attached hydrogens (tertiary/aromatic N) is 9. The molecule has 0 spiro atoms. The maximum atomic E-state index is 4.81. The van der Waals surface area contributed by atoms with Gasteiger partial charge in [0.25, 0.3) is 0 Å². The van der Waals surface area contributed by atoms with Gasteiger partial charge in [-0.25, -0.2) is 29.9 Å². The predicted molar refractivity (Wildman–Crippen MR) is 617 cm³/mol. The standard InChI is InChI=1S/3C23H17N2.3C12H9N.3C6H7N.5C2H6.3V/c3*1-17-9-8-14-20(15-17)23-24-21(18-10-4-2-5-11-18)16-22(25-23)19-12-6-3-7-13-19;3*1-3-7-11-9(5-1)10-6-2-4-8-12(10)13-11;3*1-6-4-2-3-5-7-6;5*1-2;;;/h3*2-7,9-16H,1H3;3*1-8,13H;3*2-5H,1H3;5*1-2H3;;;/q3*-1;;;;;;;;;;;;;;. The van der Waals surface area contributed by atoms with Crippen molar-refractivity contribution in [2.45, 2.75) is 111 Å². The van der Waals surface area contributed by atoms with Crippen molar-refractivity contribution in [1.82, 2.24) is 59.8 Å². The molecular weight excluding hydrogens is 1920 g/mol. The molecule has 24 aromatic rings. The van der Waals surface area contributed by atoms with Gasteiger partial charge in [0.05, 0.1) is 34.2 Å². The first-order valence-corrected chi connectivity index (χ1v) is 49.9. The van der Waals surface area contributed by atoms with Crippen LogP contribution in [0.15, 0.2) is 474 Å². The van der Waals surface area contributed by atoms with Crippen LogP contribution < -0.4 is 0 Å². The molecule has 0 aliphatic rings. The van der Waals surface area contributed by atoms with Crippen LogP contribution in [0.25, 0.3) is 167 Å². The molecule has 3 N–H and O–H groups in total. The van der Waals surface area contributed by atoms with Gasteiger partial charge >= 0.3 is 0 Å². The van der Waals surface area contributed by atoms with Gasteiger partial charge in [-0.1, -0.05) is 416 Å². The fourth-order valence-electron chi connectivity index (χ4n) is 15.2. The number of para-hydroxylation sites is 6. The van der Waals surface area contributed by atoms with Crippen molar-refractivity contribution >= 4 is 65.4 Å². The molecule has 3 radical (unpaired) electrons. The van der Waals surface area contributed by atoms with E-state index in [0.717, 1.165) is 135 Å². The quantitative estimate of drug-likeness (QED) is 0.119. The van der Waals surface area contributed by atoms with Gasteiger partial charge in [-0.15, -0.1) is 0 Å². The normalized spacial score (nSPS) is 9.73. The number of pyridine rings is 3. The molecule has 0 bridgehead atoms. The summed E-state index contributed by atoms with van der Waals surface area (Å²) < 4.78 is 0. The van der Waals surface area contributed by atoms with Crippen LogP contribution in [0.2, 0.25) is 0 Å². The third-order valence-electron chi connectivity index (χ3n) is 21.8. The summed E-state index contributed by atoms with van der Waals surface area (Å²) in [5.41, 5.74) is 28.9. The van der Waals surface area contributed by atoms with Crippen LogP contribution in [-0.4, -0.2) is 59.8 Å². The first-order chi connectivity index (χ1) is 71.4. The molecule has 0 amide bonds. The first kappa shape index (κ1) is 117. The van der Waals surface area contributed by atoms with E-state index in [2.05, 4.69) is 305 Å². The van der Waals surface area contributed by atoms with Crippen LogP contribution in [0.4, 0.5) is 0 Å². The molecule has 148 heavy (non-hydrogen) atoms. The van der Waals surface area contributed by atoms with E-state index in [4.69, 9.17) is 29.9 Å². The molecule has 9 aromatic heterocycles. The van der Waals surface area contributed by atoms with Gasteiger partial charge in [0.15, 0.2) is 0 Å². The zero-order valence-electron chi connectivity index (χ0n) is 87.4. The van der Waals surface area contributed by atoms with Gasteiger partial charge in [-0.05, 0) is 112 Å². The Morgan fingerprint density at radius 1 is 0.169 bits per heavy atom. The van der Waals surface area contributed by atoms with Gasteiger partial charge in [0, 0.05) is 190 Å². The minimum atomic E-state index is 0. The van der Waals surface area contributed by atoms with Crippen LogP contribution in [0.5, 0.6) is 0 Å². The molecule has 0 aliphatic carbocycles. The summed E-state index contributed by atoms with van der Waals surface area (Å²) in [4.78, 5) is 50.9. The Balaban J connectivity index is 0.000000207. The van der Waals surface area contributed by atoms with Gasteiger partial charge in [-0.2, -0.15) is 89.5 Å². The van der Waals surface area contributed by atoms with E-state index < -0.39 is 0 Å². The van der Waals surface area contributed by atoms with Crippen molar-refractivity contribution < 1.29 is 55.7 Å². The Labute approximate surface area is 911 Å². The second kappa shape index (κ2) is 64.8. The van der Waals surface area contributed by atoms with Gasteiger partial charge in [-0.3, -0.25) is 15.0 Å². The maximum Gasteiger partial charge on any atom is 0.105 e. The van der Waals surface area contributed by atoms with Crippen molar-refractivity contribution in [2.24, 2.45) is 0 Å². The first-order valence-electron chi connectivity index (χ1n) is 49.9. The Morgan fingerprint density at radius 3 is 0.480 bits per heavy atom. The number of aryl methyl sites for hydroxylation is 6. The minimum absolute atomic E-state index is 0. The molecule has 9 heterocycles. The maximum absolute atomic E-state index is 4.81. The Kier molecular flexibility index (Phi) is 51.4. The van der Waals surface area contributed by atoms with Crippen LogP contribution in [0.1, 0.15) is 103 Å². The Hall–Kier alpha value is -15.9. The number of rotatable bonds is 9. The summed E-state index contributed by atoms with van der Waals surface area (Å²) in [5, 5.41) is 7.82. The van der Waals surface area contributed by atoms with Crippen LogP contribution in [0.3, 0.4) is 0 Å². The number of fused-ring (bicyclic) bond motifs is 9. The summed E-state index contributed by atoms with van der Waals surface area (Å²) in [7, 11) is 0. The van der Waals surface area contributed by atoms with Gasteiger partial charge in [0.2, 0.25) is 0 Å². The zero-order chi connectivity index (χ0) is 103. The monoisotopic (exact) mass is 2050 g/mol. The average Bonchev–Trinajstić information content (AvgIpc) is 1.65. The molecule has 0 aliphatic heterocycles.